The molecule has 0 radical (unpaired) electrons. The number of hydrogen-bond donors (Lipinski definition) is 3. The molecule has 32 heavy (non-hydrogen) atoms. The molecule has 0 atom stereocenters. The maximum atomic E-state index is 13.3. The van der Waals surface area contributed by atoms with Crippen molar-refractivity contribution < 1.29 is 9.18 Å². The van der Waals surface area contributed by atoms with Gasteiger partial charge >= 0.3 is 0 Å². The van der Waals surface area contributed by atoms with Crippen LogP contribution in [0, 0.1) is 19.7 Å². The molecule has 9 heteroatoms. The van der Waals surface area contributed by atoms with E-state index in [1.54, 1.807) is 12.1 Å². The average molecular weight is 550 g/mol. The highest BCUT2D eigenvalue weighted by Crippen LogP contribution is 2.17. The summed E-state index contributed by atoms with van der Waals surface area (Å²) in [5.41, 5.74) is 4.39. The zero-order chi connectivity index (χ0) is 22.2. The number of amides is 1. The summed E-state index contributed by atoms with van der Waals surface area (Å²) in [6, 6.07) is 15.8. The Bertz CT molecular complexity index is 1080. The lowest BCUT2D eigenvalue weighted by Crippen LogP contribution is -2.41. The Labute approximate surface area is 204 Å². The summed E-state index contributed by atoms with van der Waals surface area (Å²) in [6.07, 6.45) is 0. The average Bonchev–Trinajstić information content (AvgIpc) is 3.08. The minimum atomic E-state index is -0.401. The van der Waals surface area contributed by atoms with Gasteiger partial charge in [-0.15, -0.1) is 24.0 Å². The van der Waals surface area contributed by atoms with E-state index in [0.29, 0.717) is 24.7 Å². The lowest BCUT2D eigenvalue weighted by atomic mass is 10.2. The number of guanidine groups is 1. The van der Waals surface area contributed by atoms with Crippen LogP contribution >= 0.6 is 24.0 Å². The molecule has 3 N–H and O–H groups in total. The van der Waals surface area contributed by atoms with Crippen molar-refractivity contribution in [3.05, 3.63) is 77.4 Å². The van der Waals surface area contributed by atoms with Crippen LogP contribution in [0.2, 0.25) is 0 Å². The Morgan fingerprint density at radius 1 is 1.09 bits per heavy atom. The van der Waals surface area contributed by atoms with E-state index in [1.165, 1.54) is 12.1 Å². The van der Waals surface area contributed by atoms with Gasteiger partial charge in [0.25, 0.3) is 0 Å². The maximum Gasteiger partial charge on any atom is 0.243 e. The van der Waals surface area contributed by atoms with E-state index in [0.717, 1.165) is 22.6 Å². The number of halogens is 2. The van der Waals surface area contributed by atoms with Crippen LogP contribution in [-0.4, -0.2) is 34.7 Å². The molecule has 0 unspecified atom stereocenters. The van der Waals surface area contributed by atoms with Crippen LogP contribution in [0.3, 0.4) is 0 Å². The summed E-state index contributed by atoms with van der Waals surface area (Å²) in [4.78, 5) is 16.8. The highest BCUT2D eigenvalue weighted by atomic mass is 127. The number of rotatable bonds is 7. The Balaban J connectivity index is 0.00000363. The number of aryl methyl sites for hydroxylation is 2. The number of aliphatic imine (C=N–C) groups is 1. The van der Waals surface area contributed by atoms with Crippen LogP contribution in [0.25, 0.3) is 5.69 Å². The summed E-state index contributed by atoms with van der Waals surface area (Å²) in [6.45, 7) is 7.00. The molecule has 1 amide bonds. The summed E-state index contributed by atoms with van der Waals surface area (Å²) in [5.74, 6) is -0.179. The van der Waals surface area contributed by atoms with Crippen LogP contribution in [0.1, 0.15) is 23.9 Å². The van der Waals surface area contributed by atoms with Gasteiger partial charge in [-0.3, -0.25) is 4.79 Å². The summed E-state index contributed by atoms with van der Waals surface area (Å²) >= 11 is 0. The molecule has 0 aliphatic heterocycles. The third-order valence-corrected chi connectivity index (χ3v) is 4.51. The third kappa shape index (κ3) is 7.04. The van der Waals surface area contributed by atoms with Crippen molar-refractivity contribution in [2.24, 2.45) is 4.99 Å². The first kappa shape index (κ1) is 25.3. The monoisotopic (exact) mass is 550 g/mol. The van der Waals surface area contributed by atoms with Crippen LogP contribution in [-0.2, 0) is 11.3 Å². The van der Waals surface area contributed by atoms with Gasteiger partial charge in [-0.1, -0.05) is 24.3 Å². The molecule has 1 heterocycles. The van der Waals surface area contributed by atoms with Gasteiger partial charge in [0, 0.05) is 17.9 Å². The number of anilines is 1. The number of nitrogens with zero attached hydrogens (tertiary/aromatic N) is 3. The minimum Gasteiger partial charge on any atom is -0.357 e. The molecule has 0 saturated heterocycles. The number of carbonyl (C=O) groups excluding carboxylic acids is 1. The van der Waals surface area contributed by atoms with Crippen LogP contribution in [0.15, 0.2) is 59.6 Å². The van der Waals surface area contributed by atoms with Crippen molar-refractivity contribution in [3.63, 3.8) is 0 Å². The van der Waals surface area contributed by atoms with Crippen LogP contribution in [0.5, 0.6) is 0 Å². The zero-order valence-electron chi connectivity index (χ0n) is 18.4. The Morgan fingerprint density at radius 2 is 1.88 bits per heavy atom. The van der Waals surface area contributed by atoms with Crippen LogP contribution in [0.4, 0.5) is 10.1 Å². The van der Waals surface area contributed by atoms with Gasteiger partial charge in [0.15, 0.2) is 5.96 Å². The van der Waals surface area contributed by atoms with Gasteiger partial charge in [0.05, 0.1) is 24.5 Å². The van der Waals surface area contributed by atoms with Gasteiger partial charge < -0.3 is 16.0 Å². The molecule has 7 nitrogen and oxygen atoms in total. The molecule has 0 saturated carbocycles. The first-order valence-electron chi connectivity index (χ1n) is 10.2. The number of benzene rings is 2. The second-order valence-electron chi connectivity index (χ2n) is 7.07. The topological polar surface area (TPSA) is 83.3 Å². The highest BCUT2D eigenvalue weighted by Gasteiger charge is 2.09. The molecule has 2 aromatic carbocycles. The number of para-hydroxylation sites is 1. The Hall–Kier alpha value is -2.95. The van der Waals surface area contributed by atoms with Gasteiger partial charge in [-0.25, -0.2) is 14.1 Å². The lowest BCUT2D eigenvalue weighted by Gasteiger charge is -2.13. The fraction of sp³-hybridized carbons (Fsp3) is 0.261. The summed E-state index contributed by atoms with van der Waals surface area (Å²) in [7, 11) is 0. The summed E-state index contributed by atoms with van der Waals surface area (Å²) < 4.78 is 15.2. The van der Waals surface area contributed by atoms with Crippen molar-refractivity contribution in [2.75, 3.05) is 18.4 Å². The molecule has 1 aromatic heterocycles. The van der Waals surface area contributed by atoms with Crippen molar-refractivity contribution in [3.8, 4) is 5.69 Å². The zero-order valence-corrected chi connectivity index (χ0v) is 20.7. The molecule has 3 rings (SSSR count). The SMILES string of the molecule is CCNC(=NCc1ccccc1-n1nc(C)cc1C)NCC(=O)Nc1cccc(F)c1.I. The molecule has 0 aliphatic rings. The number of hydrogen-bond acceptors (Lipinski definition) is 3. The largest absolute Gasteiger partial charge is 0.357 e. The van der Waals surface area contributed by atoms with Crippen molar-refractivity contribution >= 4 is 41.5 Å². The standard InChI is InChI=1S/C23H27FN6O.HI/c1-4-25-23(27-15-22(31)28-20-10-7-9-19(24)13-20)26-14-18-8-5-6-11-21(18)30-17(3)12-16(2)29-30;/h5-13H,4,14-15H2,1-3H3,(H,28,31)(H2,25,26,27);1H. The number of carbonyl (C=O) groups is 1. The molecular formula is C23H28FIN6O. The number of aromatic nitrogens is 2. The highest BCUT2D eigenvalue weighted by molar-refractivity contribution is 14.0. The molecule has 0 bridgehead atoms. The Kier molecular flexibility index (Phi) is 9.63. The van der Waals surface area contributed by atoms with Crippen molar-refractivity contribution in [2.45, 2.75) is 27.3 Å². The fourth-order valence-electron chi connectivity index (χ4n) is 3.17. The number of nitrogens with one attached hydrogen (secondary N) is 3. The predicted molar refractivity (Wildman–Crippen MR) is 136 cm³/mol. The van der Waals surface area contributed by atoms with E-state index in [4.69, 9.17) is 0 Å². The maximum absolute atomic E-state index is 13.3. The van der Waals surface area contributed by atoms with E-state index in [2.05, 4.69) is 26.0 Å². The van der Waals surface area contributed by atoms with E-state index < -0.39 is 5.82 Å². The molecule has 0 aliphatic carbocycles. The Morgan fingerprint density at radius 3 is 2.56 bits per heavy atom. The van der Waals surface area contributed by atoms with E-state index in [9.17, 15) is 9.18 Å². The van der Waals surface area contributed by atoms with Gasteiger partial charge in [-0.2, -0.15) is 5.10 Å². The normalized spacial score (nSPS) is 10.9. The molecule has 0 fully saturated rings. The molecule has 3 aromatic rings. The van der Waals surface area contributed by atoms with E-state index >= 15 is 0 Å². The predicted octanol–water partition coefficient (Wildman–Crippen LogP) is 3.94. The molecule has 170 valence electrons. The van der Waals surface area contributed by atoms with Gasteiger partial charge in [-0.05, 0) is 56.7 Å². The van der Waals surface area contributed by atoms with Crippen molar-refractivity contribution in [1.82, 2.24) is 20.4 Å². The first-order chi connectivity index (χ1) is 15.0. The smallest absolute Gasteiger partial charge is 0.243 e. The quantitative estimate of drug-likeness (QED) is 0.237. The van der Waals surface area contributed by atoms with Gasteiger partial charge in [0.2, 0.25) is 5.91 Å². The van der Waals surface area contributed by atoms with E-state index in [1.807, 2.05) is 55.8 Å². The lowest BCUT2D eigenvalue weighted by molar-refractivity contribution is -0.115. The van der Waals surface area contributed by atoms with Gasteiger partial charge in [0.1, 0.15) is 5.82 Å². The first-order valence-corrected chi connectivity index (χ1v) is 10.2. The van der Waals surface area contributed by atoms with Crippen LogP contribution < -0.4 is 16.0 Å². The summed E-state index contributed by atoms with van der Waals surface area (Å²) in [5, 5.41) is 13.4. The second kappa shape index (κ2) is 12.2. The molecule has 0 spiro atoms. The minimum absolute atomic E-state index is 0. The van der Waals surface area contributed by atoms with Crippen molar-refractivity contribution in [1.29, 1.82) is 0 Å². The van der Waals surface area contributed by atoms with E-state index in [-0.39, 0.29) is 36.4 Å². The third-order valence-electron chi connectivity index (χ3n) is 4.51. The fourth-order valence-corrected chi connectivity index (χ4v) is 3.17. The second-order valence-corrected chi connectivity index (χ2v) is 7.07. The molecular weight excluding hydrogens is 522 g/mol.